The molecule has 0 aromatic heterocycles. The molecule has 4 rings (SSSR count). The van der Waals surface area contributed by atoms with Crippen LogP contribution in [0.5, 0.6) is 0 Å². The van der Waals surface area contributed by atoms with Gasteiger partial charge in [-0.15, -0.1) is 0 Å². The summed E-state index contributed by atoms with van der Waals surface area (Å²) in [6, 6.07) is 11.3. The maximum absolute atomic E-state index is 13.3. The first-order valence-electron chi connectivity index (χ1n) is 10.3. The first kappa shape index (κ1) is 20.2. The van der Waals surface area contributed by atoms with Crippen molar-refractivity contribution in [3.05, 3.63) is 69.9 Å². The first-order valence-corrected chi connectivity index (χ1v) is 10.3. The molecule has 2 aromatic rings. The summed E-state index contributed by atoms with van der Waals surface area (Å²) < 4.78 is 4.81. The number of anilines is 2. The lowest BCUT2D eigenvalue weighted by Crippen LogP contribution is -2.31. The van der Waals surface area contributed by atoms with Crippen molar-refractivity contribution in [2.75, 3.05) is 17.7 Å². The van der Waals surface area contributed by atoms with Gasteiger partial charge >= 0.3 is 5.97 Å². The fourth-order valence-electron chi connectivity index (χ4n) is 4.39. The Hall–Kier alpha value is -3.08. The molecule has 1 aliphatic heterocycles. The molecule has 2 aromatic carbocycles. The number of carbonyl (C=O) groups is 2. The fourth-order valence-corrected chi connectivity index (χ4v) is 4.39. The Morgan fingerprint density at radius 2 is 1.67 bits per heavy atom. The van der Waals surface area contributed by atoms with Crippen LogP contribution in [0.4, 0.5) is 11.4 Å². The van der Waals surface area contributed by atoms with Crippen molar-refractivity contribution in [2.24, 2.45) is 5.41 Å². The zero-order valence-corrected chi connectivity index (χ0v) is 18.2. The Morgan fingerprint density at radius 3 is 2.30 bits per heavy atom. The van der Waals surface area contributed by atoms with E-state index in [1.807, 2.05) is 12.1 Å². The quantitative estimate of drug-likeness (QED) is 0.664. The van der Waals surface area contributed by atoms with Gasteiger partial charge in [-0.1, -0.05) is 26.0 Å². The van der Waals surface area contributed by atoms with Crippen LogP contribution >= 0.6 is 0 Å². The standard InChI is InChI=1S/C25H28N2O3/c1-14-10-18-19(11-15(14)2)27-23(16-6-8-17(9-7-16)24(29)30-5)22-20(26-18)12-25(3,4)13-21(22)28/h6-11,23,26-27H,12-13H2,1-5H3/t23-/m0/s1. The summed E-state index contributed by atoms with van der Waals surface area (Å²) in [5, 5.41) is 7.18. The maximum atomic E-state index is 13.3. The van der Waals surface area contributed by atoms with Gasteiger partial charge in [-0.2, -0.15) is 0 Å². The number of Topliss-reactive ketones (excluding diaryl/α,β-unsaturated/α-hetero) is 1. The zero-order chi connectivity index (χ0) is 21.6. The molecular formula is C25H28N2O3. The van der Waals surface area contributed by atoms with Crippen LogP contribution in [0.15, 0.2) is 47.7 Å². The minimum atomic E-state index is -0.371. The summed E-state index contributed by atoms with van der Waals surface area (Å²) in [6.45, 7) is 8.45. The van der Waals surface area contributed by atoms with Gasteiger partial charge in [0, 0.05) is 17.7 Å². The third-order valence-corrected chi connectivity index (χ3v) is 6.09. The Kier molecular flexibility index (Phi) is 4.92. The van der Waals surface area contributed by atoms with Crippen molar-refractivity contribution in [1.82, 2.24) is 0 Å². The topological polar surface area (TPSA) is 67.4 Å². The lowest BCUT2D eigenvalue weighted by atomic mass is 9.73. The molecule has 5 nitrogen and oxygen atoms in total. The summed E-state index contributed by atoms with van der Waals surface area (Å²) >= 11 is 0. The fraction of sp³-hybridized carbons (Fsp3) is 0.360. The molecule has 0 radical (unpaired) electrons. The summed E-state index contributed by atoms with van der Waals surface area (Å²) in [5.74, 6) is -0.214. The third-order valence-electron chi connectivity index (χ3n) is 6.09. The second kappa shape index (κ2) is 7.31. The zero-order valence-electron chi connectivity index (χ0n) is 18.2. The largest absolute Gasteiger partial charge is 0.465 e. The monoisotopic (exact) mass is 404 g/mol. The van der Waals surface area contributed by atoms with Gasteiger partial charge in [0.1, 0.15) is 0 Å². The van der Waals surface area contributed by atoms with Gasteiger partial charge in [0.25, 0.3) is 0 Å². The molecule has 0 bridgehead atoms. The predicted molar refractivity (Wildman–Crippen MR) is 119 cm³/mol. The molecule has 2 N–H and O–H groups in total. The average Bonchev–Trinajstić information content (AvgIpc) is 2.83. The van der Waals surface area contributed by atoms with Crippen molar-refractivity contribution in [3.8, 4) is 0 Å². The Labute approximate surface area is 177 Å². The molecular weight excluding hydrogens is 376 g/mol. The highest BCUT2D eigenvalue weighted by molar-refractivity contribution is 6.01. The molecule has 0 saturated carbocycles. The smallest absolute Gasteiger partial charge is 0.337 e. The van der Waals surface area contributed by atoms with E-state index in [9.17, 15) is 9.59 Å². The number of fused-ring (bicyclic) bond motifs is 1. The predicted octanol–water partition coefficient (Wildman–Crippen LogP) is 5.31. The molecule has 0 unspecified atom stereocenters. The number of aryl methyl sites for hydroxylation is 2. The van der Waals surface area contributed by atoms with Crippen molar-refractivity contribution < 1.29 is 14.3 Å². The first-order chi connectivity index (χ1) is 14.2. The van der Waals surface area contributed by atoms with E-state index >= 15 is 0 Å². The van der Waals surface area contributed by atoms with Crippen LogP contribution in [-0.4, -0.2) is 18.9 Å². The number of hydrogen-bond acceptors (Lipinski definition) is 5. The molecule has 0 amide bonds. The Balaban J connectivity index is 1.85. The lowest BCUT2D eigenvalue weighted by molar-refractivity contribution is -0.118. The van der Waals surface area contributed by atoms with Crippen molar-refractivity contribution in [3.63, 3.8) is 0 Å². The van der Waals surface area contributed by atoms with Crippen LogP contribution in [0, 0.1) is 19.3 Å². The van der Waals surface area contributed by atoms with Gasteiger partial charge < -0.3 is 15.4 Å². The number of esters is 1. The van der Waals surface area contributed by atoms with E-state index in [2.05, 4.69) is 50.5 Å². The minimum Gasteiger partial charge on any atom is -0.465 e. The second-order valence-corrected chi connectivity index (χ2v) is 9.13. The number of ether oxygens (including phenoxy) is 1. The van der Waals surface area contributed by atoms with Crippen LogP contribution in [-0.2, 0) is 9.53 Å². The van der Waals surface area contributed by atoms with Crippen LogP contribution in [0.25, 0.3) is 0 Å². The van der Waals surface area contributed by atoms with Gasteiger partial charge in [-0.25, -0.2) is 4.79 Å². The van der Waals surface area contributed by atoms with Crippen molar-refractivity contribution in [1.29, 1.82) is 0 Å². The molecule has 1 aliphatic carbocycles. The Morgan fingerprint density at radius 1 is 1.03 bits per heavy atom. The number of ketones is 1. The maximum Gasteiger partial charge on any atom is 0.337 e. The molecule has 1 atom stereocenters. The number of hydrogen-bond donors (Lipinski definition) is 2. The van der Waals surface area contributed by atoms with Crippen LogP contribution in [0.1, 0.15) is 59.8 Å². The summed E-state index contributed by atoms with van der Waals surface area (Å²) in [7, 11) is 1.37. The van der Waals surface area contributed by atoms with Crippen LogP contribution in [0.3, 0.4) is 0 Å². The van der Waals surface area contributed by atoms with Gasteiger partial charge in [0.2, 0.25) is 0 Å². The number of allylic oxidation sites excluding steroid dienone is 1. The van der Waals surface area contributed by atoms with E-state index in [-0.39, 0.29) is 23.2 Å². The van der Waals surface area contributed by atoms with E-state index in [0.29, 0.717) is 12.0 Å². The summed E-state index contributed by atoms with van der Waals surface area (Å²) in [5.41, 5.74) is 7.46. The van der Waals surface area contributed by atoms with E-state index in [1.165, 1.54) is 18.2 Å². The van der Waals surface area contributed by atoms with Crippen molar-refractivity contribution >= 4 is 23.1 Å². The van der Waals surface area contributed by atoms with E-state index < -0.39 is 0 Å². The van der Waals surface area contributed by atoms with Crippen LogP contribution < -0.4 is 10.6 Å². The molecule has 0 saturated heterocycles. The molecule has 156 valence electrons. The number of nitrogens with one attached hydrogen (secondary N) is 2. The normalized spacial score (nSPS) is 19.8. The number of methoxy groups -OCH3 is 1. The number of benzene rings is 2. The third kappa shape index (κ3) is 3.60. The highest BCUT2D eigenvalue weighted by Gasteiger charge is 2.38. The summed E-state index contributed by atoms with van der Waals surface area (Å²) in [4.78, 5) is 25.1. The molecule has 0 spiro atoms. The molecule has 30 heavy (non-hydrogen) atoms. The van der Waals surface area contributed by atoms with E-state index in [1.54, 1.807) is 12.1 Å². The highest BCUT2D eigenvalue weighted by atomic mass is 16.5. The van der Waals surface area contributed by atoms with Gasteiger partial charge in [0.05, 0.1) is 30.1 Å². The molecule has 5 heteroatoms. The summed E-state index contributed by atoms with van der Waals surface area (Å²) in [6.07, 6.45) is 1.32. The van der Waals surface area contributed by atoms with Gasteiger partial charge in [0.15, 0.2) is 5.78 Å². The van der Waals surface area contributed by atoms with E-state index in [4.69, 9.17) is 4.74 Å². The van der Waals surface area contributed by atoms with Gasteiger partial charge in [-0.05, 0) is 66.6 Å². The second-order valence-electron chi connectivity index (χ2n) is 9.13. The van der Waals surface area contributed by atoms with Crippen molar-refractivity contribution in [2.45, 2.75) is 46.6 Å². The lowest BCUT2D eigenvalue weighted by Gasteiger charge is -2.34. The van der Waals surface area contributed by atoms with E-state index in [0.717, 1.165) is 34.6 Å². The Bertz CT molecular complexity index is 1060. The minimum absolute atomic E-state index is 0.0908. The number of carbonyl (C=O) groups excluding carboxylic acids is 2. The van der Waals surface area contributed by atoms with Crippen LogP contribution in [0.2, 0.25) is 0 Å². The molecule has 2 aliphatic rings. The molecule has 0 fully saturated rings. The molecule has 1 heterocycles. The number of rotatable bonds is 2. The highest BCUT2D eigenvalue weighted by Crippen LogP contribution is 2.45. The SMILES string of the molecule is COC(=O)c1ccc([C@@H]2Nc3cc(C)c(C)cc3NC3=C2C(=O)CC(C)(C)C3)cc1. The van der Waals surface area contributed by atoms with Gasteiger partial charge in [-0.3, -0.25) is 4.79 Å². The average molecular weight is 405 g/mol.